The smallest absolute Gasteiger partial charge is 0.356 e. The minimum atomic E-state index is -1.11. The highest BCUT2D eigenvalue weighted by atomic mass is 16.6. The highest BCUT2D eigenvalue weighted by molar-refractivity contribution is 6.06. The first-order valence-electron chi connectivity index (χ1n) is 9.96. The second-order valence-electron chi connectivity index (χ2n) is 7.23. The summed E-state index contributed by atoms with van der Waals surface area (Å²) in [6.45, 7) is 3.46. The zero-order chi connectivity index (χ0) is 23.7. The summed E-state index contributed by atoms with van der Waals surface area (Å²) in [5.41, 5.74) is 0.938. The van der Waals surface area contributed by atoms with Crippen LogP contribution in [0.3, 0.4) is 0 Å². The number of non-ortho nitro benzene ring substituents is 1. The number of aryl methyl sites for hydroxylation is 1. The van der Waals surface area contributed by atoms with Gasteiger partial charge in [-0.1, -0.05) is 0 Å². The Hall–Kier alpha value is -4.47. The third kappa shape index (κ3) is 4.18. The molecule has 0 spiro atoms. The molecule has 0 saturated heterocycles. The summed E-state index contributed by atoms with van der Waals surface area (Å²) in [4.78, 5) is 47.5. The van der Waals surface area contributed by atoms with E-state index in [1.165, 1.54) is 36.4 Å². The molecule has 0 fully saturated rings. The Bertz CT molecular complexity index is 1370. The van der Waals surface area contributed by atoms with Gasteiger partial charge in [-0.05, 0) is 49.2 Å². The number of hydrogen-bond donors (Lipinski definition) is 1. The zero-order valence-corrected chi connectivity index (χ0v) is 17.6. The number of carbonyl (C=O) groups is 2. The van der Waals surface area contributed by atoms with Crippen LogP contribution in [0.5, 0.6) is 0 Å². The highest BCUT2D eigenvalue weighted by Crippen LogP contribution is 2.37. The fourth-order valence-corrected chi connectivity index (χ4v) is 3.55. The summed E-state index contributed by atoms with van der Waals surface area (Å²) in [7, 11) is 0. The van der Waals surface area contributed by atoms with Gasteiger partial charge in [-0.3, -0.25) is 10.1 Å². The molecule has 0 bridgehead atoms. The van der Waals surface area contributed by atoms with E-state index in [0.717, 1.165) is 10.9 Å². The summed E-state index contributed by atoms with van der Waals surface area (Å²) in [6, 6.07) is 11.6. The fraction of sp³-hybridized carbons (Fsp3) is 0.174. The largest absolute Gasteiger partial charge is 0.462 e. The molecule has 10 heteroatoms. The number of nitrogens with zero attached hydrogens (tertiary/aromatic N) is 1. The molecule has 4 rings (SSSR count). The number of esters is 2. The second-order valence-corrected chi connectivity index (χ2v) is 7.23. The maximum Gasteiger partial charge on any atom is 0.356 e. The van der Waals surface area contributed by atoms with Crippen molar-refractivity contribution in [1.29, 1.82) is 0 Å². The van der Waals surface area contributed by atoms with E-state index in [1.807, 2.05) is 0 Å². The number of hydrogen-bond acceptors (Lipinski definition) is 9. The third-order valence-electron chi connectivity index (χ3n) is 5.08. The van der Waals surface area contributed by atoms with Crippen LogP contribution in [-0.2, 0) is 19.1 Å². The van der Waals surface area contributed by atoms with Crippen LogP contribution in [0.4, 0.5) is 11.4 Å². The number of benzene rings is 2. The molecule has 0 aliphatic carbocycles. The quantitative estimate of drug-likeness (QED) is 0.259. The maximum absolute atomic E-state index is 12.7. The van der Waals surface area contributed by atoms with Crippen LogP contribution in [-0.4, -0.2) is 23.5 Å². The lowest BCUT2D eigenvalue weighted by Crippen LogP contribution is -2.16. The van der Waals surface area contributed by atoms with E-state index < -0.39 is 28.6 Å². The van der Waals surface area contributed by atoms with E-state index in [0.29, 0.717) is 16.8 Å². The number of nitro groups is 1. The van der Waals surface area contributed by atoms with Crippen LogP contribution < -0.4 is 10.9 Å². The standard InChI is InChI=1S/C23H18N2O8/c1-3-31-22(27)19-20(23(28)33-21(19)13-4-7-15(8-5-13)25(29)30)24-14-6-9-16-12(2)10-18(26)32-17(16)11-14/h4-11,21,24H,3H2,1-2H3. The summed E-state index contributed by atoms with van der Waals surface area (Å²) < 4.78 is 15.8. The van der Waals surface area contributed by atoms with Crippen molar-refractivity contribution in [2.24, 2.45) is 0 Å². The topological polar surface area (TPSA) is 138 Å². The molecule has 1 aromatic heterocycles. The second kappa shape index (κ2) is 8.58. The Kier molecular flexibility index (Phi) is 5.65. The predicted molar refractivity (Wildman–Crippen MR) is 116 cm³/mol. The first-order chi connectivity index (χ1) is 15.8. The average Bonchev–Trinajstić information content (AvgIpc) is 3.09. The summed E-state index contributed by atoms with van der Waals surface area (Å²) in [5, 5.41) is 14.5. The van der Waals surface area contributed by atoms with Gasteiger partial charge >= 0.3 is 17.6 Å². The Morgan fingerprint density at radius 2 is 1.88 bits per heavy atom. The highest BCUT2D eigenvalue weighted by Gasteiger charge is 2.40. The molecule has 1 atom stereocenters. The van der Waals surface area contributed by atoms with Gasteiger partial charge in [0.2, 0.25) is 0 Å². The van der Waals surface area contributed by atoms with Crippen LogP contribution in [0.25, 0.3) is 11.0 Å². The van der Waals surface area contributed by atoms with E-state index in [2.05, 4.69) is 5.32 Å². The van der Waals surface area contributed by atoms with Gasteiger partial charge in [0.1, 0.15) is 16.9 Å². The molecular formula is C23H18N2O8. The Labute approximate surface area is 186 Å². The van der Waals surface area contributed by atoms with Crippen molar-refractivity contribution >= 4 is 34.3 Å². The average molecular weight is 450 g/mol. The van der Waals surface area contributed by atoms with Crippen molar-refractivity contribution in [1.82, 2.24) is 0 Å². The van der Waals surface area contributed by atoms with Gasteiger partial charge < -0.3 is 19.2 Å². The van der Waals surface area contributed by atoms with Gasteiger partial charge in [0.25, 0.3) is 5.69 Å². The maximum atomic E-state index is 12.7. The monoisotopic (exact) mass is 450 g/mol. The number of nitro benzene ring substituents is 1. The van der Waals surface area contributed by atoms with Crippen molar-refractivity contribution in [2.45, 2.75) is 20.0 Å². The van der Waals surface area contributed by atoms with E-state index in [-0.39, 0.29) is 23.6 Å². The number of anilines is 1. The molecule has 3 aromatic rings. The lowest BCUT2D eigenvalue weighted by molar-refractivity contribution is -0.384. The van der Waals surface area contributed by atoms with E-state index >= 15 is 0 Å². The minimum absolute atomic E-state index is 0.0667. The van der Waals surface area contributed by atoms with Gasteiger partial charge in [0.05, 0.1) is 11.5 Å². The molecule has 2 aromatic carbocycles. The fourth-order valence-electron chi connectivity index (χ4n) is 3.55. The molecule has 168 valence electrons. The van der Waals surface area contributed by atoms with Gasteiger partial charge in [-0.25, -0.2) is 14.4 Å². The SMILES string of the molecule is CCOC(=O)C1=C(Nc2ccc3c(C)cc(=O)oc3c2)C(=O)OC1c1ccc([N+](=O)[O-])cc1. The number of carbonyl (C=O) groups excluding carboxylic acids is 2. The first-order valence-corrected chi connectivity index (χ1v) is 9.96. The lowest BCUT2D eigenvalue weighted by Gasteiger charge is -2.13. The molecule has 1 aliphatic rings. The molecule has 2 heterocycles. The van der Waals surface area contributed by atoms with Gasteiger partial charge in [0.15, 0.2) is 6.10 Å². The number of fused-ring (bicyclic) bond motifs is 1. The number of ether oxygens (including phenoxy) is 2. The van der Waals surface area contributed by atoms with Gasteiger partial charge in [-0.2, -0.15) is 0 Å². The molecule has 1 unspecified atom stereocenters. The van der Waals surface area contributed by atoms with E-state index in [4.69, 9.17) is 13.9 Å². The van der Waals surface area contributed by atoms with Gasteiger partial charge in [-0.15, -0.1) is 0 Å². The van der Waals surface area contributed by atoms with Crippen molar-refractivity contribution in [3.63, 3.8) is 0 Å². The first kappa shape index (κ1) is 21.8. The van der Waals surface area contributed by atoms with Gasteiger partial charge in [0, 0.05) is 35.3 Å². The predicted octanol–water partition coefficient (Wildman–Crippen LogP) is 3.54. The van der Waals surface area contributed by atoms with Crippen LogP contribution in [0.15, 0.2) is 69.0 Å². The van der Waals surface area contributed by atoms with Crippen LogP contribution in [0.1, 0.15) is 24.2 Å². The molecule has 0 amide bonds. The summed E-state index contributed by atoms with van der Waals surface area (Å²) >= 11 is 0. The molecular weight excluding hydrogens is 432 g/mol. The van der Waals surface area contributed by atoms with Crippen LogP contribution in [0, 0.1) is 17.0 Å². The van der Waals surface area contributed by atoms with Crippen molar-refractivity contribution in [3.05, 3.63) is 91.5 Å². The molecule has 10 nitrogen and oxygen atoms in total. The Morgan fingerprint density at radius 1 is 1.15 bits per heavy atom. The van der Waals surface area contributed by atoms with E-state index in [9.17, 15) is 24.5 Å². The summed E-state index contributed by atoms with van der Waals surface area (Å²) in [5.74, 6) is -1.57. The molecule has 33 heavy (non-hydrogen) atoms. The lowest BCUT2D eigenvalue weighted by atomic mass is 10.0. The number of rotatable bonds is 6. The summed E-state index contributed by atoms with van der Waals surface area (Å²) in [6.07, 6.45) is -1.11. The van der Waals surface area contributed by atoms with Crippen molar-refractivity contribution in [3.8, 4) is 0 Å². The normalized spacial score (nSPS) is 15.5. The van der Waals surface area contributed by atoms with Crippen molar-refractivity contribution in [2.75, 3.05) is 11.9 Å². The third-order valence-corrected chi connectivity index (χ3v) is 5.08. The van der Waals surface area contributed by atoms with Crippen LogP contribution >= 0.6 is 0 Å². The van der Waals surface area contributed by atoms with E-state index in [1.54, 1.807) is 26.0 Å². The molecule has 1 aliphatic heterocycles. The molecule has 0 saturated carbocycles. The number of nitrogens with one attached hydrogen (secondary N) is 1. The Morgan fingerprint density at radius 3 is 2.55 bits per heavy atom. The van der Waals surface area contributed by atoms with Crippen LogP contribution in [0.2, 0.25) is 0 Å². The number of cyclic esters (lactones) is 1. The molecule has 1 N–H and O–H groups in total. The zero-order valence-electron chi connectivity index (χ0n) is 17.6. The minimum Gasteiger partial charge on any atom is -0.462 e. The Balaban J connectivity index is 1.76. The molecule has 0 radical (unpaired) electrons. The van der Waals surface area contributed by atoms with Crippen molar-refractivity contribution < 1.29 is 28.4 Å².